The van der Waals surface area contributed by atoms with E-state index in [1.165, 1.54) is 7.11 Å². The first-order valence-electron chi connectivity index (χ1n) is 13.1. The lowest BCUT2D eigenvalue weighted by atomic mass is 9.90. The molecule has 0 spiro atoms. The molecule has 3 aromatic rings. The van der Waals surface area contributed by atoms with Crippen molar-refractivity contribution in [1.29, 1.82) is 0 Å². The average Bonchev–Trinajstić information content (AvgIpc) is 3.23. The molecule has 2 aromatic heterocycles. The van der Waals surface area contributed by atoms with Crippen molar-refractivity contribution in [3.63, 3.8) is 0 Å². The van der Waals surface area contributed by atoms with E-state index in [-0.39, 0.29) is 23.7 Å². The molecule has 2 saturated heterocycles. The Kier molecular flexibility index (Phi) is 7.14. The highest BCUT2D eigenvalue weighted by atomic mass is 19.1. The Morgan fingerprint density at radius 1 is 1.21 bits per heavy atom. The number of pyridine rings is 1. The molecule has 206 valence electrons. The van der Waals surface area contributed by atoms with E-state index in [0.29, 0.717) is 35.6 Å². The number of β-amino-alcohol motifs (C(OH)–C–C–N with tert-alkyl or cyclic N) is 1. The molecule has 1 aromatic carbocycles. The number of ether oxygens (including phenoxy) is 1. The van der Waals surface area contributed by atoms with Crippen LogP contribution in [0, 0.1) is 17.7 Å². The van der Waals surface area contributed by atoms with E-state index in [1.807, 2.05) is 12.1 Å². The molecule has 4 heterocycles. The summed E-state index contributed by atoms with van der Waals surface area (Å²) in [5.41, 5.74) is 0.671. The minimum absolute atomic E-state index is 0.0814. The maximum atomic E-state index is 15.2. The number of nitrogens with one attached hydrogen (secondary N) is 2. The molecule has 9 nitrogen and oxygen atoms in total. The van der Waals surface area contributed by atoms with Crippen molar-refractivity contribution in [2.24, 2.45) is 0 Å². The fraction of sp³-hybridized carbons (Fsp3) is 0.448. The Bertz CT molecular complexity index is 1440. The number of anilines is 2. The summed E-state index contributed by atoms with van der Waals surface area (Å²) in [6, 6.07) is 10.5. The number of hydrogen-bond acceptors (Lipinski definition) is 7. The monoisotopic (exact) mass is 534 g/mol. The van der Waals surface area contributed by atoms with E-state index in [1.54, 1.807) is 40.6 Å². The lowest BCUT2D eigenvalue weighted by Gasteiger charge is -2.44. The van der Waals surface area contributed by atoms with Gasteiger partial charge in [-0.2, -0.15) is 5.10 Å². The number of piperidine rings is 1. The highest BCUT2D eigenvalue weighted by Crippen LogP contribution is 2.29. The van der Waals surface area contributed by atoms with Crippen LogP contribution < -0.4 is 15.4 Å². The summed E-state index contributed by atoms with van der Waals surface area (Å²) in [6.45, 7) is 6.73. The standard InChI is InChI=1S/C29H35FN6O3/c1-28(12-15-34(3)16-13-28)32-25-9-5-8-23-26(30)22(33-36(23)25)7-6-14-31-21-11-10-20(17-24(21)39-4)27(37)35-18-29(2,38)19-35/h5,8-11,17,31-32,38H,12-16,18-19H2,1-4H3. The van der Waals surface area contributed by atoms with Crippen LogP contribution in [0.5, 0.6) is 5.75 Å². The maximum absolute atomic E-state index is 15.2. The van der Waals surface area contributed by atoms with Gasteiger partial charge in [-0.05, 0) is 70.0 Å². The minimum Gasteiger partial charge on any atom is -0.495 e. The highest BCUT2D eigenvalue weighted by molar-refractivity contribution is 5.96. The Labute approximate surface area is 227 Å². The Balaban J connectivity index is 1.27. The van der Waals surface area contributed by atoms with Crippen LogP contribution in [0.3, 0.4) is 0 Å². The number of hydrogen-bond donors (Lipinski definition) is 3. The van der Waals surface area contributed by atoms with Crippen LogP contribution in [0.15, 0.2) is 36.4 Å². The molecule has 5 rings (SSSR count). The number of methoxy groups -OCH3 is 1. The SMILES string of the molecule is COc1cc(C(=O)N2CC(C)(O)C2)ccc1NCC#Cc1nn2c(NC3(C)CCN(C)CC3)cccc2c1F. The molecule has 3 N–H and O–H groups in total. The van der Waals surface area contributed by atoms with Gasteiger partial charge < -0.3 is 30.3 Å². The van der Waals surface area contributed by atoms with Gasteiger partial charge in [0.15, 0.2) is 11.5 Å². The number of aromatic nitrogens is 2. The minimum atomic E-state index is -0.830. The second-order valence-corrected chi connectivity index (χ2v) is 11.1. The third-order valence-corrected chi connectivity index (χ3v) is 7.49. The normalized spacial score (nSPS) is 18.2. The first-order valence-corrected chi connectivity index (χ1v) is 13.1. The number of carbonyl (C=O) groups excluding carboxylic acids is 1. The first kappa shape index (κ1) is 26.8. The number of fused-ring (bicyclic) bond motifs is 1. The number of halogens is 1. The maximum Gasteiger partial charge on any atom is 0.254 e. The summed E-state index contributed by atoms with van der Waals surface area (Å²) in [4.78, 5) is 16.5. The van der Waals surface area contributed by atoms with Gasteiger partial charge in [0.25, 0.3) is 5.91 Å². The zero-order valence-electron chi connectivity index (χ0n) is 22.8. The van der Waals surface area contributed by atoms with Crippen molar-refractivity contribution in [3.8, 4) is 17.6 Å². The molecular weight excluding hydrogens is 499 g/mol. The van der Waals surface area contributed by atoms with Crippen molar-refractivity contribution in [3.05, 3.63) is 53.5 Å². The first-order chi connectivity index (χ1) is 18.6. The van der Waals surface area contributed by atoms with Gasteiger partial charge in [0.05, 0.1) is 38.0 Å². The molecule has 39 heavy (non-hydrogen) atoms. The van der Waals surface area contributed by atoms with Crippen LogP contribution in [-0.4, -0.2) is 88.4 Å². The van der Waals surface area contributed by atoms with Crippen molar-refractivity contribution in [2.45, 2.75) is 37.8 Å². The predicted octanol–water partition coefficient (Wildman–Crippen LogP) is 3.05. The van der Waals surface area contributed by atoms with Gasteiger partial charge in [-0.25, -0.2) is 8.91 Å². The molecule has 1 amide bonds. The molecule has 0 bridgehead atoms. The van der Waals surface area contributed by atoms with E-state index < -0.39 is 11.4 Å². The zero-order chi connectivity index (χ0) is 27.8. The smallest absolute Gasteiger partial charge is 0.254 e. The number of aliphatic hydroxyl groups is 1. The van der Waals surface area contributed by atoms with Gasteiger partial charge in [-0.3, -0.25) is 4.79 Å². The van der Waals surface area contributed by atoms with Crippen LogP contribution in [0.4, 0.5) is 15.9 Å². The van der Waals surface area contributed by atoms with Crippen molar-refractivity contribution >= 4 is 22.9 Å². The van der Waals surface area contributed by atoms with Gasteiger partial charge in [0.1, 0.15) is 17.1 Å². The number of nitrogens with zero attached hydrogens (tertiary/aromatic N) is 4. The molecule has 10 heteroatoms. The van der Waals surface area contributed by atoms with E-state index >= 15 is 4.39 Å². The van der Waals surface area contributed by atoms with Crippen LogP contribution in [0.2, 0.25) is 0 Å². The van der Waals surface area contributed by atoms with Gasteiger partial charge in [-0.15, -0.1) is 0 Å². The van der Waals surface area contributed by atoms with Gasteiger partial charge in [0.2, 0.25) is 0 Å². The Morgan fingerprint density at radius 3 is 2.64 bits per heavy atom. The van der Waals surface area contributed by atoms with Crippen molar-refractivity contribution in [1.82, 2.24) is 19.4 Å². The molecule has 0 unspecified atom stereocenters. The van der Waals surface area contributed by atoms with Gasteiger partial charge >= 0.3 is 0 Å². The van der Waals surface area contributed by atoms with Crippen LogP contribution >= 0.6 is 0 Å². The van der Waals surface area contributed by atoms with Crippen LogP contribution in [-0.2, 0) is 0 Å². The molecule has 0 radical (unpaired) electrons. The molecular formula is C29H35FN6O3. The molecule has 0 saturated carbocycles. The van der Waals surface area contributed by atoms with E-state index in [9.17, 15) is 9.90 Å². The van der Waals surface area contributed by atoms with Crippen LogP contribution in [0.1, 0.15) is 42.7 Å². The Hall–Kier alpha value is -3.81. The van der Waals surface area contributed by atoms with E-state index in [0.717, 1.165) is 31.7 Å². The predicted molar refractivity (Wildman–Crippen MR) is 149 cm³/mol. The summed E-state index contributed by atoms with van der Waals surface area (Å²) in [6.07, 6.45) is 1.97. The highest BCUT2D eigenvalue weighted by Gasteiger charge is 2.39. The lowest BCUT2D eigenvalue weighted by molar-refractivity contribution is -0.0668. The summed E-state index contributed by atoms with van der Waals surface area (Å²) < 4.78 is 22.2. The number of carbonyl (C=O) groups is 1. The number of benzene rings is 1. The number of likely N-dealkylation sites (tertiary alicyclic amines) is 2. The van der Waals surface area contributed by atoms with Crippen molar-refractivity contribution in [2.75, 3.05) is 57.5 Å². The quantitative estimate of drug-likeness (QED) is 0.419. The van der Waals surface area contributed by atoms with Gasteiger partial charge in [-0.1, -0.05) is 12.0 Å². The largest absolute Gasteiger partial charge is 0.495 e. The number of rotatable bonds is 6. The van der Waals surface area contributed by atoms with Gasteiger partial charge in [0, 0.05) is 24.2 Å². The van der Waals surface area contributed by atoms with E-state index in [2.05, 4.69) is 46.4 Å². The Morgan fingerprint density at radius 2 is 1.95 bits per heavy atom. The lowest BCUT2D eigenvalue weighted by Crippen LogP contribution is -2.61. The summed E-state index contributed by atoms with van der Waals surface area (Å²) in [7, 11) is 3.65. The molecule has 2 fully saturated rings. The van der Waals surface area contributed by atoms with Crippen molar-refractivity contribution < 1.29 is 19.0 Å². The topological polar surface area (TPSA) is 94.4 Å². The summed E-state index contributed by atoms with van der Waals surface area (Å²) in [5.74, 6) is 6.40. The second kappa shape index (κ2) is 10.4. The third kappa shape index (κ3) is 5.65. The molecule has 2 aliphatic heterocycles. The zero-order valence-corrected chi connectivity index (χ0v) is 22.8. The number of amides is 1. The van der Waals surface area contributed by atoms with E-state index in [4.69, 9.17) is 4.74 Å². The summed E-state index contributed by atoms with van der Waals surface area (Å²) in [5, 5.41) is 21.1. The average molecular weight is 535 g/mol. The molecule has 0 aliphatic carbocycles. The fourth-order valence-corrected chi connectivity index (χ4v) is 5.10. The fourth-order valence-electron chi connectivity index (χ4n) is 5.10. The molecule has 2 aliphatic rings. The van der Waals surface area contributed by atoms with Crippen LogP contribution in [0.25, 0.3) is 5.52 Å². The molecule has 0 atom stereocenters. The summed E-state index contributed by atoms with van der Waals surface area (Å²) >= 11 is 0. The second-order valence-electron chi connectivity index (χ2n) is 11.1. The third-order valence-electron chi connectivity index (χ3n) is 7.49.